The molecule has 1 N–H and O–H groups in total. The predicted octanol–water partition coefficient (Wildman–Crippen LogP) is 5.75. The molecule has 1 atom stereocenters. The van der Waals surface area contributed by atoms with Gasteiger partial charge >= 0.3 is 5.97 Å². The molecule has 2 aromatic rings. The Hall–Kier alpha value is -2.97. The monoisotopic (exact) mass is 553 g/mol. The third kappa shape index (κ3) is 5.12. The van der Waals surface area contributed by atoms with Crippen LogP contribution in [0.5, 0.6) is 5.75 Å². The molecule has 1 fully saturated rings. The molecule has 40 heavy (non-hydrogen) atoms. The second-order valence-corrected chi connectivity index (χ2v) is 12.3. The van der Waals surface area contributed by atoms with E-state index in [0.29, 0.717) is 55.2 Å². The minimum Gasteiger partial charge on any atom is -0.490 e. The highest BCUT2D eigenvalue weighted by Crippen LogP contribution is 2.46. The van der Waals surface area contributed by atoms with Crippen molar-refractivity contribution in [1.82, 2.24) is 4.90 Å². The summed E-state index contributed by atoms with van der Waals surface area (Å²) in [6.07, 6.45) is 1.97. The first-order chi connectivity index (χ1) is 18.9. The summed E-state index contributed by atoms with van der Waals surface area (Å²) >= 11 is 0. The van der Waals surface area contributed by atoms with Crippen molar-refractivity contribution in [3.05, 3.63) is 50.8 Å². The number of nitrogens with zero attached hydrogens (tertiary/aromatic N) is 1. The number of rotatable bonds is 5. The van der Waals surface area contributed by atoms with Gasteiger partial charge in [0.1, 0.15) is 0 Å². The largest absolute Gasteiger partial charge is 0.490 e. The van der Waals surface area contributed by atoms with Gasteiger partial charge < -0.3 is 24.2 Å². The van der Waals surface area contributed by atoms with E-state index < -0.39 is 23.5 Å². The first-order valence-electron chi connectivity index (χ1n) is 14.3. The Morgan fingerprint density at radius 3 is 2.42 bits per heavy atom. The van der Waals surface area contributed by atoms with Gasteiger partial charge in [-0.1, -0.05) is 0 Å². The Bertz CT molecular complexity index is 1350. The van der Waals surface area contributed by atoms with Gasteiger partial charge in [0.25, 0.3) is 0 Å². The van der Waals surface area contributed by atoms with Crippen molar-refractivity contribution in [3.63, 3.8) is 0 Å². The molecule has 216 valence electrons. The fourth-order valence-electron chi connectivity index (χ4n) is 6.63. The molecule has 0 radical (unpaired) electrons. The van der Waals surface area contributed by atoms with Gasteiger partial charge in [-0.15, -0.1) is 0 Å². The van der Waals surface area contributed by atoms with Crippen LogP contribution in [-0.4, -0.2) is 53.3 Å². The number of carbonyl (C=O) groups excluding carboxylic acids is 1. The maximum Gasteiger partial charge on any atom is 0.337 e. The molecule has 3 heterocycles. The summed E-state index contributed by atoms with van der Waals surface area (Å²) < 4.78 is 33.0. The van der Waals surface area contributed by atoms with Crippen LogP contribution in [0.4, 0.5) is 4.39 Å². The van der Waals surface area contributed by atoms with Crippen LogP contribution in [0.1, 0.15) is 85.1 Å². The van der Waals surface area contributed by atoms with Crippen LogP contribution in [0.3, 0.4) is 0 Å². The predicted molar refractivity (Wildman–Crippen MR) is 149 cm³/mol. The number of hydrogen-bond donors (Lipinski definition) is 1. The van der Waals surface area contributed by atoms with E-state index >= 15 is 4.39 Å². The lowest BCUT2D eigenvalue weighted by atomic mass is 9.78. The van der Waals surface area contributed by atoms with E-state index in [9.17, 15) is 14.7 Å². The number of hydrogen-bond acceptors (Lipinski definition) is 5. The summed E-state index contributed by atoms with van der Waals surface area (Å²) in [6.45, 7) is 13.4. The summed E-state index contributed by atoms with van der Waals surface area (Å²) in [4.78, 5) is 28.2. The summed E-state index contributed by atoms with van der Waals surface area (Å²) in [5, 5.41) is 10.5. The summed E-state index contributed by atoms with van der Waals surface area (Å²) in [6, 6.07) is 1.59. The highest BCUT2D eigenvalue weighted by molar-refractivity contribution is 5.89. The summed E-state index contributed by atoms with van der Waals surface area (Å²) in [5.41, 5.74) is 6.23. The number of amides is 1. The van der Waals surface area contributed by atoms with Crippen LogP contribution in [-0.2, 0) is 38.4 Å². The number of halogens is 1. The van der Waals surface area contributed by atoms with Crippen molar-refractivity contribution >= 4 is 11.9 Å². The third-order valence-electron chi connectivity index (χ3n) is 8.59. The molecule has 0 saturated carbocycles. The van der Waals surface area contributed by atoms with E-state index in [-0.39, 0.29) is 18.4 Å². The van der Waals surface area contributed by atoms with Crippen LogP contribution in [0.15, 0.2) is 6.07 Å². The number of benzene rings is 2. The number of carboxylic acids is 1. The van der Waals surface area contributed by atoms with Crippen LogP contribution in [0.2, 0.25) is 0 Å². The van der Waals surface area contributed by atoms with Crippen LogP contribution < -0.4 is 4.74 Å². The molecule has 2 aromatic carbocycles. The van der Waals surface area contributed by atoms with Crippen molar-refractivity contribution in [1.29, 1.82) is 0 Å². The molecule has 3 aliphatic rings. The molecule has 0 aromatic heterocycles. The zero-order valence-corrected chi connectivity index (χ0v) is 24.4. The van der Waals surface area contributed by atoms with E-state index in [0.717, 1.165) is 52.6 Å². The standard InChI is InChI=1S/C32H40FNO6/c1-17-21-8-7-11-39-29(21)25(33)14-23(17)27-19(3)24-16-34(20-9-12-38-13-10-20)26(35)15-22(24)18(2)28(27)30(31(36)37)40-32(4,5)6/h14,20,30H,7-13,15-16H2,1-6H3,(H,36,37). The molecular weight excluding hydrogens is 513 g/mol. The zero-order valence-electron chi connectivity index (χ0n) is 24.4. The normalized spacial score (nSPS) is 18.7. The number of fused-ring (bicyclic) bond motifs is 2. The van der Waals surface area contributed by atoms with E-state index in [1.165, 1.54) is 6.07 Å². The quantitative estimate of drug-likeness (QED) is 0.508. The fourth-order valence-corrected chi connectivity index (χ4v) is 6.63. The summed E-state index contributed by atoms with van der Waals surface area (Å²) in [7, 11) is 0. The number of aliphatic carboxylic acids is 1. The Morgan fingerprint density at radius 2 is 1.77 bits per heavy atom. The van der Waals surface area contributed by atoms with Crippen molar-refractivity contribution in [3.8, 4) is 16.9 Å². The zero-order chi connectivity index (χ0) is 28.9. The SMILES string of the molecule is Cc1c(-c2c(C)c3c(c(C)c2C(OC(C)(C)C)C(=O)O)CC(=O)N(C2CCOCC2)C3)cc(F)c2c1CCCO2. The minimum absolute atomic E-state index is 0.0392. The molecule has 3 aliphatic heterocycles. The van der Waals surface area contributed by atoms with Crippen LogP contribution in [0.25, 0.3) is 11.1 Å². The minimum atomic E-state index is -1.29. The smallest absolute Gasteiger partial charge is 0.337 e. The molecule has 0 spiro atoms. The lowest BCUT2D eigenvalue weighted by Crippen LogP contribution is -2.46. The Balaban J connectivity index is 1.77. The molecule has 8 heteroatoms. The average molecular weight is 554 g/mol. The Morgan fingerprint density at radius 1 is 1.07 bits per heavy atom. The molecular formula is C32H40FNO6. The van der Waals surface area contributed by atoms with Crippen LogP contribution >= 0.6 is 0 Å². The van der Waals surface area contributed by atoms with Gasteiger partial charge in [0.2, 0.25) is 5.91 Å². The van der Waals surface area contributed by atoms with E-state index in [4.69, 9.17) is 14.2 Å². The molecule has 1 unspecified atom stereocenters. The van der Waals surface area contributed by atoms with Gasteiger partial charge in [-0.3, -0.25) is 4.79 Å². The number of carboxylic acid groups (broad SMARTS) is 1. The lowest BCUT2D eigenvalue weighted by Gasteiger charge is -2.40. The van der Waals surface area contributed by atoms with Crippen molar-refractivity contribution in [2.45, 2.75) is 97.9 Å². The molecule has 0 bridgehead atoms. The third-order valence-corrected chi connectivity index (χ3v) is 8.59. The molecule has 0 aliphatic carbocycles. The second-order valence-electron chi connectivity index (χ2n) is 12.3. The fraction of sp³-hybridized carbons (Fsp3) is 0.562. The Kier molecular flexibility index (Phi) is 7.70. The van der Waals surface area contributed by atoms with Crippen molar-refractivity contribution < 1.29 is 33.3 Å². The van der Waals surface area contributed by atoms with E-state index in [1.807, 2.05) is 46.4 Å². The van der Waals surface area contributed by atoms with Gasteiger partial charge in [0, 0.05) is 36.9 Å². The van der Waals surface area contributed by atoms with Gasteiger partial charge in [-0.25, -0.2) is 9.18 Å². The Labute approximate surface area is 235 Å². The molecule has 7 nitrogen and oxygen atoms in total. The van der Waals surface area contributed by atoms with Gasteiger partial charge in [0.05, 0.1) is 18.6 Å². The summed E-state index contributed by atoms with van der Waals surface area (Å²) in [5.74, 6) is -1.24. The highest BCUT2D eigenvalue weighted by atomic mass is 19.1. The molecule has 1 amide bonds. The second kappa shape index (κ2) is 10.8. The average Bonchev–Trinajstić information content (AvgIpc) is 2.91. The van der Waals surface area contributed by atoms with Crippen molar-refractivity contribution in [2.24, 2.45) is 0 Å². The molecule has 1 saturated heterocycles. The first kappa shape index (κ1) is 28.6. The first-order valence-corrected chi connectivity index (χ1v) is 14.3. The van der Waals surface area contributed by atoms with E-state index in [2.05, 4.69) is 0 Å². The topological polar surface area (TPSA) is 85.3 Å². The maximum absolute atomic E-state index is 15.6. The van der Waals surface area contributed by atoms with Crippen LogP contribution in [0, 0.1) is 26.6 Å². The van der Waals surface area contributed by atoms with E-state index in [1.54, 1.807) is 0 Å². The van der Waals surface area contributed by atoms with Gasteiger partial charge in [-0.2, -0.15) is 0 Å². The lowest BCUT2D eigenvalue weighted by molar-refractivity contribution is -0.160. The molecule has 5 rings (SSSR count). The highest BCUT2D eigenvalue weighted by Gasteiger charge is 2.38. The van der Waals surface area contributed by atoms with Crippen molar-refractivity contribution in [2.75, 3.05) is 19.8 Å². The number of carbonyl (C=O) groups is 2. The van der Waals surface area contributed by atoms with Gasteiger partial charge in [-0.05, 0) is 112 Å². The maximum atomic E-state index is 15.6. The number of ether oxygens (including phenoxy) is 3. The van der Waals surface area contributed by atoms with Gasteiger partial charge in [0.15, 0.2) is 17.7 Å².